The summed E-state index contributed by atoms with van der Waals surface area (Å²) >= 11 is 1.64. The van der Waals surface area contributed by atoms with Crippen molar-refractivity contribution < 1.29 is 9.59 Å². The molecule has 0 unspecified atom stereocenters. The van der Waals surface area contributed by atoms with Crippen LogP contribution >= 0.6 is 11.3 Å². The van der Waals surface area contributed by atoms with Gasteiger partial charge in [0, 0.05) is 28.7 Å². The van der Waals surface area contributed by atoms with Crippen molar-refractivity contribution in [1.82, 2.24) is 4.57 Å². The van der Waals surface area contributed by atoms with E-state index in [0.717, 1.165) is 10.6 Å². The first-order valence-corrected chi connectivity index (χ1v) is 8.14. The molecule has 0 atom stereocenters. The zero-order valence-corrected chi connectivity index (χ0v) is 13.3. The molecule has 0 saturated carbocycles. The molecule has 3 aromatic rings. The second-order valence-corrected chi connectivity index (χ2v) is 6.42. The number of rotatable bonds is 2. The van der Waals surface area contributed by atoms with Gasteiger partial charge in [-0.05, 0) is 29.7 Å². The van der Waals surface area contributed by atoms with E-state index in [1.165, 1.54) is 0 Å². The van der Waals surface area contributed by atoms with E-state index in [9.17, 15) is 9.59 Å². The van der Waals surface area contributed by atoms with E-state index in [4.69, 9.17) is 0 Å². The summed E-state index contributed by atoms with van der Waals surface area (Å²) in [5.41, 5.74) is 2.78. The molecule has 0 fully saturated rings. The summed E-state index contributed by atoms with van der Waals surface area (Å²) in [4.78, 5) is 26.5. The summed E-state index contributed by atoms with van der Waals surface area (Å²) in [6.45, 7) is 0. The fraction of sp³-hybridized carbons (Fsp3) is 0.0526. The molecule has 0 N–H and O–H groups in total. The number of benzene rings is 1. The first kappa shape index (κ1) is 13.9. The molecule has 2 aromatic heterocycles. The molecule has 4 heteroatoms. The molecule has 0 bridgehead atoms. The van der Waals surface area contributed by atoms with Gasteiger partial charge in [0.2, 0.25) is 5.78 Å². The van der Waals surface area contributed by atoms with Crippen LogP contribution in [0.3, 0.4) is 0 Å². The Labute approximate surface area is 137 Å². The maximum absolute atomic E-state index is 12.7. The molecule has 0 saturated heterocycles. The van der Waals surface area contributed by atoms with Crippen LogP contribution in [0.25, 0.3) is 12.2 Å². The third-order valence-corrected chi connectivity index (χ3v) is 4.95. The highest BCUT2D eigenvalue weighted by Crippen LogP contribution is 2.30. The Kier molecular flexibility index (Phi) is 3.13. The topological polar surface area (TPSA) is 39.1 Å². The molecular weight excluding hydrogens is 306 g/mol. The Bertz CT molecular complexity index is 961. The van der Waals surface area contributed by atoms with Crippen molar-refractivity contribution >= 4 is 35.1 Å². The van der Waals surface area contributed by atoms with Crippen molar-refractivity contribution in [2.45, 2.75) is 0 Å². The summed E-state index contributed by atoms with van der Waals surface area (Å²) in [6, 6.07) is 12.8. The number of aromatic nitrogens is 1. The van der Waals surface area contributed by atoms with Crippen LogP contribution in [-0.4, -0.2) is 16.1 Å². The highest BCUT2D eigenvalue weighted by Gasteiger charge is 2.32. The van der Waals surface area contributed by atoms with Crippen LogP contribution in [0.4, 0.5) is 0 Å². The van der Waals surface area contributed by atoms with Gasteiger partial charge in [0.05, 0.1) is 5.56 Å². The molecule has 1 aliphatic rings. The first-order chi connectivity index (χ1) is 11.2. The Morgan fingerprint density at radius 3 is 2.35 bits per heavy atom. The van der Waals surface area contributed by atoms with Gasteiger partial charge < -0.3 is 4.57 Å². The lowest BCUT2D eigenvalue weighted by molar-refractivity contribution is 0.0974. The monoisotopic (exact) mass is 319 g/mol. The Balaban J connectivity index is 1.83. The summed E-state index contributed by atoms with van der Waals surface area (Å²) in [5, 5.41) is 2.01. The molecule has 112 valence electrons. The number of hydrogen-bond acceptors (Lipinski definition) is 3. The quantitative estimate of drug-likeness (QED) is 0.559. The van der Waals surface area contributed by atoms with Crippen molar-refractivity contribution in [3.05, 3.63) is 80.8 Å². The molecule has 0 spiro atoms. The van der Waals surface area contributed by atoms with Crippen molar-refractivity contribution in [2.24, 2.45) is 7.05 Å². The number of carbonyl (C=O) groups excluding carboxylic acids is 2. The van der Waals surface area contributed by atoms with Gasteiger partial charge in [-0.25, -0.2) is 0 Å². The van der Waals surface area contributed by atoms with Crippen molar-refractivity contribution in [3.8, 4) is 0 Å². The highest BCUT2D eigenvalue weighted by molar-refractivity contribution is 7.10. The summed E-state index contributed by atoms with van der Waals surface area (Å²) in [6.07, 6.45) is 3.93. The number of hydrogen-bond donors (Lipinski definition) is 0. The third kappa shape index (κ3) is 2.11. The average molecular weight is 319 g/mol. The molecule has 1 aliphatic carbocycles. The van der Waals surface area contributed by atoms with E-state index >= 15 is 0 Å². The summed E-state index contributed by atoms with van der Waals surface area (Å²) in [7, 11) is 1.83. The van der Waals surface area contributed by atoms with Crippen LogP contribution in [0, 0.1) is 0 Å². The predicted octanol–water partition coefficient (Wildman–Crippen LogP) is 4.03. The van der Waals surface area contributed by atoms with Crippen LogP contribution in [0.1, 0.15) is 42.5 Å². The number of nitrogens with zero attached hydrogens (tertiary/aromatic N) is 1. The lowest BCUT2D eigenvalue weighted by Gasteiger charge is -2.15. The minimum atomic E-state index is -0.0894. The average Bonchev–Trinajstić information content (AvgIpc) is 3.19. The molecule has 4 rings (SSSR count). The van der Waals surface area contributed by atoms with E-state index in [1.807, 2.05) is 36.7 Å². The molecule has 0 radical (unpaired) electrons. The highest BCUT2D eigenvalue weighted by atomic mass is 32.1. The standard InChI is InChI=1S/C19H13NO2S/c1-20-12(8-9-13-5-4-10-23-13)11-16-17(20)19(22)15-7-3-2-6-14(15)18(16)21/h2-11H,1H3/b9-8+. The molecule has 0 aliphatic heterocycles. The van der Waals surface area contributed by atoms with Gasteiger partial charge in [-0.3, -0.25) is 9.59 Å². The maximum atomic E-state index is 12.7. The van der Waals surface area contributed by atoms with E-state index in [-0.39, 0.29) is 11.6 Å². The van der Waals surface area contributed by atoms with Crippen LogP contribution in [0.5, 0.6) is 0 Å². The molecular formula is C19H13NO2S. The fourth-order valence-electron chi connectivity index (χ4n) is 2.94. The van der Waals surface area contributed by atoms with Crippen LogP contribution in [-0.2, 0) is 7.05 Å². The Morgan fingerprint density at radius 1 is 0.913 bits per heavy atom. The summed E-state index contributed by atoms with van der Waals surface area (Å²) < 4.78 is 1.80. The van der Waals surface area contributed by atoms with Crippen LogP contribution in [0.15, 0.2) is 47.8 Å². The van der Waals surface area contributed by atoms with Crippen molar-refractivity contribution in [3.63, 3.8) is 0 Å². The second kappa shape index (κ2) is 5.18. The van der Waals surface area contributed by atoms with E-state index in [1.54, 1.807) is 46.2 Å². The summed E-state index contributed by atoms with van der Waals surface area (Å²) in [5.74, 6) is -0.171. The fourth-order valence-corrected chi connectivity index (χ4v) is 3.55. The van der Waals surface area contributed by atoms with Gasteiger partial charge in [0.25, 0.3) is 0 Å². The number of carbonyl (C=O) groups is 2. The Hall–Kier alpha value is -2.72. The first-order valence-electron chi connectivity index (χ1n) is 7.26. The van der Waals surface area contributed by atoms with Crippen LogP contribution in [0.2, 0.25) is 0 Å². The minimum Gasteiger partial charge on any atom is -0.341 e. The molecule has 3 nitrogen and oxygen atoms in total. The van der Waals surface area contributed by atoms with Gasteiger partial charge in [0.1, 0.15) is 5.69 Å². The lowest BCUT2D eigenvalue weighted by atomic mass is 9.88. The lowest BCUT2D eigenvalue weighted by Crippen LogP contribution is -2.22. The molecule has 0 amide bonds. The number of fused-ring (bicyclic) bond motifs is 2. The van der Waals surface area contributed by atoms with E-state index in [2.05, 4.69) is 0 Å². The van der Waals surface area contributed by atoms with Crippen molar-refractivity contribution in [1.29, 1.82) is 0 Å². The largest absolute Gasteiger partial charge is 0.341 e. The Morgan fingerprint density at radius 2 is 1.65 bits per heavy atom. The van der Waals surface area contributed by atoms with Gasteiger partial charge >= 0.3 is 0 Å². The third-order valence-electron chi connectivity index (χ3n) is 4.11. The number of thiophene rings is 1. The van der Waals surface area contributed by atoms with Crippen molar-refractivity contribution in [2.75, 3.05) is 0 Å². The van der Waals surface area contributed by atoms with Gasteiger partial charge in [-0.2, -0.15) is 0 Å². The van der Waals surface area contributed by atoms with E-state index < -0.39 is 0 Å². The van der Waals surface area contributed by atoms with Gasteiger partial charge in [-0.1, -0.05) is 30.3 Å². The molecule has 1 aromatic carbocycles. The zero-order chi connectivity index (χ0) is 16.0. The van der Waals surface area contributed by atoms with Crippen LogP contribution < -0.4 is 0 Å². The minimum absolute atomic E-state index is 0.0819. The van der Waals surface area contributed by atoms with Gasteiger partial charge in [-0.15, -0.1) is 11.3 Å². The molecule has 2 heterocycles. The van der Waals surface area contributed by atoms with E-state index in [0.29, 0.717) is 22.4 Å². The second-order valence-electron chi connectivity index (χ2n) is 5.44. The van der Waals surface area contributed by atoms with Gasteiger partial charge in [0.15, 0.2) is 5.78 Å². The normalized spacial score (nSPS) is 13.4. The molecule has 23 heavy (non-hydrogen) atoms. The number of ketones is 2. The smallest absolute Gasteiger partial charge is 0.210 e. The maximum Gasteiger partial charge on any atom is 0.210 e. The predicted molar refractivity (Wildman–Crippen MR) is 92.0 cm³/mol. The zero-order valence-electron chi connectivity index (χ0n) is 12.4. The SMILES string of the molecule is Cn1c(/C=C/c2cccs2)cc2c1C(=O)c1ccccc1C2=O.